The number of aromatic nitrogens is 4. The van der Waals surface area contributed by atoms with Crippen LogP contribution in [-0.4, -0.2) is 33.7 Å². The number of rotatable bonds is 6. The lowest BCUT2D eigenvalue weighted by Crippen LogP contribution is -2.10. The number of ether oxygens (including phenoxy) is 2. The van der Waals surface area contributed by atoms with Gasteiger partial charge in [-0.2, -0.15) is 0 Å². The normalized spacial score (nSPS) is 11.0. The summed E-state index contributed by atoms with van der Waals surface area (Å²) in [7, 11) is 3.21. The van der Waals surface area contributed by atoms with Crippen LogP contribution in [0.1, 0.15) is 24.7 Å². The van der Waals surface area contributed by atoms with Gasteiger partial charge in [-0.15, -0.1) is 0 Å². The largest absolute Gasteiger partial charge is 0.493 e. The van der Waals surface area contributed by atoms with Gasteiger partial charge in [-0.1, -0.05) is 13.0 Å². The zero-order valence-corrected chi connectivity index (χ0v) is 15.2. The van der Waals surface area contributed by atoms with E-state index in [2.05, 4.69) is 21.9 Å². The maximum absolute atomic E-state index is 12.2. The second-order valence-electron chi connectivity index (χ2n) is 5.66. The van der Waals surface area contributed by atoms with E-state index < -0.39 is 0 Å². The van der Waals surface area contributed by atoms with Crippen molar-refractivity contribution < 1.29 is 9.47 Å². The standard InChI is InChI=1S/C17H20N4O3S/c1-4-5-13-18-14-15(19-17(25)20-16(14)22)21(13)9-10-6-7-11(23-2)12(8-10)24-3/h6-8H,4-5,9H2,1-3H3,(H2,19,20,22,25). The van der Waals surface area contributed by atoms with Crippen LogP contribution in [-0.2, 0) is 13.0 Å². The van der Waals surface area contributed by atoms with E-state index in [9.17, 15) is 4.79 Å². The number of nitrogens with one attached hydrogen (secondary N) is 2. The first-order valence-electron chi connectivity index (χ1n) is 8.00. The maximum Gasteiger partial charge on any atom is 0.279 e. The van der Waals surface area contributed by atoms with Crippen molar-refractivity contribution in [3.05, 3.63) is 44.7 Å². The van der Waals surface area contributed by atoms with E-state index in [1.165, 1.54) is 0 Å². The van der Waals surface area contributed by atoms with Crippen molar-refractivity contribution in [2.45, 2.75) is 26.3 Å². The van der Waals surface area contributed by atoms with E-state index in [1.807, 2.05) is 22.8 Å². The van der Waals surface area contributed by atoms with Crippen molar-refractivity contribution in [2.75, 3.05) is 14.2 Å². The van der Waals surface area contributed by atoms with Gasteiger partial charge in [-0.3, -0.25) is 9.78 Å². The molecule has 25 heavy (non-hydrogen) atoms. The molecule has 3 aromatic rings. The Balaban J connectivity index is 2.13. The van der Waals surface area contributed by atoms with Crippen LogP contribution in [0.25, 0.3) is 11.2 Å². The zero-order valence-electron chi connectivity index (χ0n) is 14.4. The molecule has 0 bridgehead atoms. The number of H-pyrrole nitrogens is 2. The Morgan fingerprint density at radius 3 is 2.64 bits per heavy atom. The number of fused-ring (bicyclic) bond motifs is 1. The number of benzene rings is 1. The fraction of sp³-hybridized carbons (Fsp3) is 0.353. The van der Waals surface area contributed by atoms with Crippen LogP contribution in [0.2, 0.25) is 0 Å². The number of nitrogens with zero attached hydrogens (tertiary/aromatic N) is 2. The van der Waals surface area contributed by atoms with Crippen LogP contribution >= 0.6 is 12.2 Å². The molecule has 0 spiro atoms. The van der Waals surface area contributed by atoms with Crippen molar-refractivity contribution in [3.8, 4) is 11.5 Å². The fourth-order valence-corrected chi connectivity index (χ4v) is 3.02. The number of hydrogen-bond acceptors (Lipinski definition) is 5. The lowest BCUT2D eigenvalue weighted by atomic mass is 10.2. The molecular weight excluding hydrogens is 340 g/mol. The second-order valence-corrected chi connectivity index (χ2v) is 6.07. The summed E-state index contributed by atoms with van der Waals surface area (Å²) in [6.07, 6.45) is 1.69. The van der Waals surface area contributed by atoms with Gasteiger partial charge in [0.1, 0.15) is 11.5 Å². The average molecular weight is 360 g/mol. The Kier molecular flexibility index (Phi) is 4.89. The molecule has 132 valence electrons. The van der Waals surface area contributed by atoms with E-state index in [1.54, 1.807) is 14.2 Å². The number of hydrogen-bond donors (Lipinski definition) is 2. The molecule has 2 heterocycles. The summed E-state index contributed by atoms with van der Waals surface area (Å²) in [5.74, 6) is 2.17. The number of aryl methyl sites for hydroxylation is 1. The molecule has 3 rings (SSSR count). The highest BCUT2D eigenvalue weighted by Gasteiger charge is 2.15. The van der Waals surface area contributed by atoms with Crippen LogP contribution < -0.4 is 15.0 Å². The third kappa shape index (κ3) is 3.30. The van der Waals surface area contributed by atoms with Crippen LogP contribution in [0, 0.1) is 4.77 Å². The first-order valence-corrected chi connectivity index (χ1v) is 8.40. The van der Waals surface area contributed by atoms with Gasteiger partial charge >= 0.3 is 0 Å². The summed E-state index contributed by atoms with van der Waals surface area (Å²) in [5, 5.41) is 0. The molecule has 0 amide bonds. The Bertz CT molecular complexity index is 1020. The highest BCUT2D eigenvalue weighted by Crippen LogP contribution is 2.28. The number of imidazole rings is 1. The molecule has 2 N–H and O–H groups in total. The Morgan fingerprint density at radius 2 is 1.96 bits per heavy atom. The molecular formula is C17H20N4O3S. The van der Waals surface area contributed by atoms with Crippen LogP contribution in [0.3, 0.4) is 0 Å². The molecule has 1 aromatic carbocycles. The van der Waals surface area contributed by atoms with Crippen molar-refractivity contribution in [1.29, 1.82) is 0 Å². The van der Waals surface area contributed by atoms with Crippen molar-refractivity contribution in [1.82, 2.24) is 19.5 Å². The van der Waals surface area contributed by atoms with Crippen LogP contribution in [0.4, 0.5) is 0 Å². The fourth-order valence-electron chi connectivity index (χ4n) is 2.83. The Morgan fingerprint density at radius 1 is 1.20 bits per heavy atom. The summed E-state index contributed by atoms with van der Waals surface area (Å²) in [5.41, 5.74) is 1.74. The topological polar surface area (TPSA) is 84.9 Å². The molecule has 0 aliphatic carbocycles. The lowest BCUT2D eigenvalue weighted by molar-refractivity contribution is 0.354. The van der Waals surface area contributed by atoms with E-state index >= 15 is 0 Å². The van der Waals surface area contributed by atoms with Crippen molar-refractivity contribution >= 4 is 23.4 Å². The summed E-state index contributed by atoms with van der Waals surface area (Å²) in [4.78, 5) is 22.3. The zero-order chi connectivity index (χ0) is 18.0. The molecule has 0 fully saturated rings. The van der Waals surface area contributed by atoms with Gasteiger partial charge < -0.3 is 19.0 Å². The monoisotopic (exact) mass is 360 g/mol. The predicted octanol–water partition coefficient (Wildman–Crippen LogP) is 2.80. The molecule has 0 radical (unpaired) electrons. The maximum atomic E-state index is 12.2. The minimum Gasteiger partial charge on any atom is -0.493 e. The van der Waals surface area contributed by atoms with Crippen molar-refractivity contribution in [3.63, 3.8) is 0 Å². The predicted molar refractivity (Wildman–Crippen MR) is 98.2 cm³/mol. The van der Waals surface area contributed by atoms with Gasteiger partial charge in [0.2, 0.25) is 0 Å². The lowest BCUT2D eigenvalue weighted by Gasteiger charge is -2.12. The van der Waals surface area contributed by atoms with E-state index in [4.69, 9.17) is 21.7 Å². The SMILES string of the molecule is CCCc1nc2c(=O)[nH]c(=S)[nH]c2n1Cc1ccc(OC)c(OC)c1. The molecule has 0 saturated heterocycles. The summed E-state index contributed by atoms with van der Waals surface area (Å²) < 4.78 is 12.9. The molecule has 0 aliphatic rings. The second kappa shape index (κ2) is 7.10. The first kappa shape index (κ1) is 17.2. The average Bonchev–Trinajstić information content (AvgIpc) is 2.93. The minimum atomic E-state index is -0.276. The summed E-state index contributed by atoms with van der Waals surface area (Å²) in [6, 6.07) is 5.74. The van der Waals surface area contributed by atoms with Gasteiger partial charge in [-0.05, 0) is 36.3 Å². The molecule has 0 atom stereocenters. The minimum absolute atomic E-state index is 0.276. The molecule has 7 nitrogen and oxygen atoms in total. The first-order chi connectivity index (χ1) is 12.1. The molecule has 0 aliphatic heterocycles. The molecule has 2 aromatic heterocycles. The van der Waals surface area contributed by atoms with Crippen molar-refractivity contribution in [2.24, 2.45) is 0 Å². The highest BCUT2D eigenvalue weighted by molar-refractivity contribution is 7.71. The smallest absolute Gasteiger partial charge is 0.279 e. The number of methoxy groups -OCH3 is 2. The van der Waals surface area contributed by atoms with Crippen LogP contribution in [0.15, 0.2) is 23.0 Å². The van der Waals surface area contributed by atoms with Gasteiger partial charge in [-0.25, -0.2) is 4.98 Å². The third-order valence-corrected chi connectivity index (χ3v) is 4.19. The third-order valence-electron chi connectivity index (χ3n) is 3.98. The number of aromatic amines is 2. The summed E-state index contributed by atoms with van der Waals surface area (Å²) in [6.45, 7) is 2.62. The quantitative estimate of drug-likeness (QED) is 0.660. The van der Waals surface area contributed by atoms with Gasteiger partial charge in [0.15, 0.2) is 21.8 Å². The van der Waals surface area contributed by atoms with Gasteiger partial charge in [0.05, 0.1) is 20.8 Å². The van der Waals surface area contributed by atoms with Crippen LogP contribution in [0.5, 0.6) is 11.5 Å². The van der Waals surface area contributed by atoms with E-state index in [-0.39, 0.29) is 10.3 Å². The van der Waals surface area contributed by atoms with Gasteiger partial charge in [0.25, 0.3) is 5.56 Å². The molecule has 8 heteroatoms. The Labute approximate surface area is 149 Å². The Hall–Kier alpha value is -2.61. The van der Waals surface area contributed by atoms with E-state index in [0.717, 1.165) is 24.2 Å². The van der Waals surface area contributed by atoms with Gasteiger partial charge in [0, 0.05) is 6.42 Å². The molecule has 0 unspecified atom stereocenters. The highest BCUT2D eigenvalue weighted by atomic mass is 32.1. The van der Waals surface area contributed by atoms with E-state index in [0.29, 0.717) is 29.2 Å². The summed E-state index contributed by atoms with van der Waals surface area (Å²) >= 11 is 5.11. The molecule has 0 saturated carbocycles.